The van der Waals surface area contributed by atoms with E-state index in [1.165, 1.54) is 0 Å². The van der Waals surface area contributed by atoms with Crippen molar-refractivity contribution in [2.45, 2.75) is 34.2 Å². The molecule has 0 unspecified atom stereocenters. The maximum atomic E-state index is 5.90. The monoisotopic (exact) mass is 299 g/mol. The lowest BCUT2D eigenvalue weighted by Crippen LogP contribution is -2.34. The molecule has 0 radical (unpaired) electrons. The van der Waals surface area contributed by atoms with Crippen molar-refractivity contribution >= 4 is 5.96 Å². The van der Waals surface area contributed by atoms with Crippen LogP contribution >= 0.6 is 0 Å². The minimum atomic E-state index is 0.486. The molecule has 3 N–H and O–H groups in total. The molecule has 0 saturated heterocycles. The second-order valence-corrected chi connectivity index (χ2v) is 5.87. The molecule has 2 rings (SSSR count). The average molecular weight is 299 g/mol. The predicted molar refractivity (Wildman–Crippen MR) is 91.2 cm³/mol. The molecule has 0 spiro atoms. The smallest absolute Gasteiger partial charge is 0.188 e. The van der Waals surface area contributed by atoms with E-state index in [-0.39, 0.29) is 0 Å². The number of hydrogen-bond acceptors (Lipinski definition) is 2. The van der Waals surface area contributed by atoms with Gasteiger partial charge in [0.15, 0.2) is 5.96 Å². The fraction of sp³-hybridized carbons (Fsp3) is 0.412. The van der Waals surface area contributed by atoms with Gasteiger partial charge in [-0.15, -0.1) is 0 Å². The first-order chi connectivity index (χ1) is 10.5. The van der Waals surface area contributed by atoms with Gasteiger partial charge >= 0.3 is 0 Å². The van der Waals surface area contributed by atoms with Crippen LogP contribution in [-0.4, -0.2) is 22.3 Å². The van der Waals surface area contributed by atoms with E-state index in [4.69, 9.17) is 5.73 Å². The van der Waals surface area contributed by atoms with Crippen LogP contribution in [0.4, 0.5) is 0 Å². The second kappa shape index (κ2) is 7.11. The maximum absolute atomic E-state index is 5.90. The summed E-state index contributed by atoms with van der Waals surface area (Å²) in [6.45, 7) is 9.72. The minimum absolute atomic E-state index is 0.486. The highest BCUT2D eigenvalue weighted by Crippen LogP contribution is 2.18. The van der Waals surface area contributed by atoms with Gasteiger partial charge in [0.05, 0.1) is 17.9 Å². The molecule has 0 bridgehead atoms. The molecule has 1 aromatic carbocycles. The Morgan fingerprint density at radius 1 is 1.27 bits per heavy atom. The van der Waals surface area contributed by atoms with Crippen molar-refractivity contribution in [3.8, 4) is 5.69 Å². The number of guanidine groups is 1. The standard InChI is InChI=1S/C17H25N5/c1-12(2)10-19-17(18)20-11-16-13(3)21-22(14(16)4)15-8-6-5-7-9-15/h5-9,12H,10-11H2,1-4H3,(H3,18,19,20). The van der Waals surface area contributed by atoms with Gasteiger partial charge in [0.1, 0.15) is 0 Å². The number of nitrogens with two attached hydrogens (primary N) is 1. The van der Waals surface area contributed by atoms with E-state index in [1.807, 2.05) is 41.9 Å². The first-order valence-corrected chi connectivity index (χ1v) is 7.63. The van der Waals surface area contributed by atoms with Crippen LogP contribution in [0.3, 0.4) is 0 Å². The van der Waals surface area contributed by atoms with E-state index in [0.717, 1.165) is 29.2 Å². The number of nitrogens with zero attached hydrogens (tertiary/aromatic N) is 3. The molecule has 5 heteroatoms. The Morgan fingerprint density at radius 3 is 2.59 bits per heavy atom. The number of hydrogen-bond donors (Lipinski definition) is 2. The predicted octanol–water partition coefficient (Wildman–Crippen LogP) is 2.55. The largest absolute Gasteiger partial charge is 0.370 e. The minimum Gasteiger partial charge on any atom is -0.370 e. The summed E-state index contributed by atoms with van der Waals surface area (Å²) in [5, 5.41) is 7.75. The summed E-state index contributed by atoms with van der Waals surface area (Å²) in [5.41, 5.74) is 10.2. The third-order valence-corrected chi connectivity index (χ3v) is 3.54. The number of para-hydroxylation sites is 1. The molecular formula is C17H25N5. The molecule has 0 saturated carbocycles. The number of aryl methyl sites for hydroxylation is 1. The molecule has 0 aliphatic carbocycles. The van der Waals surface area contributed by atoms with Gasteiger partial charge in [-0.05, 0) is 31.9 Å². The second-order valence-electron chi connectivity index (χ2n) is 5.87. The number of benzene rings is 1. The maximum Gasteiger partial charge on any atom is 0.188 e. The van der Waals surface area contributed by atoms with Crippen LogP contribution in [0.15, 0.2) is 35.3 Å². The van der Waals surface area contributed by atoms with Gasteiger partial charge in [-0.25, -0.2) is 9.67 Å². The molecule has 2 aromatic rings. The summed E-state index contributed by atoms with van der Waals surface area (Å²) in [6, 6.07) is 10.1. The van der Waals surface area contributed by atoms with Gasteiger partial charge in [0.2, 0.25) is 0 Å². The highest BCUT2D eigenvalue weighted by atomic mass is 15.3. The molecule has 0 aliphatic heterocycles. The Labute approximate surface area is 132 Å². The number of rotatable bonds is 5. The van der Waals surface area contributed by atoms with E-state index >= 15 is 0 Å². The lowest BCUT2D eigenvalue weighted by Gasteiger charge is -2.08. The summed E-state index contributed by atoms with van der Waals surface area (Å²) in [4.78, 5) is 4.43. The number of nitrogens with one attached hydrogen (secondary N) is 1. The normalized spacial score (nSPS) is 12.0. The Hall–Kier alpha value is -2.30. The van der Waals surface area contributed by atoms with Gasteiger partial charge in [0.25, 0.3) is 0 Å². The van der Waals surface area contributed by atoms with Gasteiger partial charge in [-0.1, -0.05) is 32.0 Å². The number of aromatic nitrogens is 2. The van der Waals surface area contributed by atoms with Crippen LogP contribution in [0.2, 0.25) is 0 Å². The van der Waals surface area contributed by atoms with E-state index in [9.17, 15) is 0 Å². The molecule has 1 aromatic heterocycles. The van der Waals surface area contributed by atoms with E-state index in [0.29, 0.717) is 18.4 Å². The highest BCUT2D eigenvalue weighted by Gasteiger charge is 2.12. The summed E-state index contributed by atoms with van der Waals surface area (Å²) >= 11 is 0. The lowest BCUT2D eigenvalue weighted by atomic mass is 10.2. The lowest BCUT2D eigenvalue weighted by molar-refractivity contribution is 0.621. The molecule has 0 atom stereocenters. The first kappa shape index (κ1) is 16.1. The average Bonchev–Trinajstić information content (AvgIpc) is 2.79. The Morgan fingerprint density at radius 2 is 1.95 bits per heavy atom. The van der Waals surface area contributed by atoms with Gasteiger partial charge in [-0.2, -0.15) is 5.10 Å². The van der Waals surface area contributed by atoms with Gasteiger partial charge < -0.3 is 11.1 Å². The zero-order valence-electron chi connectivity index (χ0n) is 13.8. The number of aliphatic imine (C=N–C) groups is 1. The SMILES string of the molecule is Cc1nn(-c2ccccc2)c(C)c1CN=C(N)NCC(C)C. The quantitative estimate of drug-likeness (QED) is 0.658. The van der Waals surface area contributed by atoms with Gasteiger partial charge in [-0.3, -0.25) is 0 Å². The molecule has 0 fully saturated rings. The van der Waals surface area contributed by atoms with Crippen LogP contribution in [0.1, 0.15) is 30.8 Å². The molecular weight excluding hydrogens is 274 g/mol. The molecule has 118 valence electrons. The third kappa shape index (κ3) is 3.87. The van der Waals surface area contributed by atoms with E-state index in [2.05, 4.69) is 36.2 Å². The highest BCUT2D eigenvalue weighted by molar-refractivity contribution is 5.77. The van der Waals surface area contributed by atoms with Crippen molar-refractivity contribution in [2.75, 3.05) is 6.54 Å². The topological polar surface area (TPSA) is 68.2 Å². The van der Waals surface area contributed by atoms with Crippen LogP contribution in [0, 0.1) is 19.8 Å². The van der Waals surface area contributed by atoms with E-state index < -0.39 is 0 Å². The van der Waals surface area contributed by atoms with Crippen molar-refractivity contribution in [3.05, 3.63) is 47.3 Å². The van der Waals surface area contributed by atoms with E-state index in [1.54, 1.807) is 0 Å². The van der Waals surface area contributed by atoms with Crippen LogP contribution in [0.5, 0.6) is 0 Å². The summed E-state index contributed by atoms with van der Waals surface area (Å²) in [6.07, 6.45) is 0. The van der Waals surface area contributed by atoms with Crippen molar-refractivity contribution in [3.63, 3.8) is 0 Å². The fourth-order valence-corrected chi connectivity index (χ4v) is 2.25. The Balaban J connectivity index is 2.16. The Bertz CT molecular complexity index is 641. The van der Waals surface area contributed by atoms with Crippen LogP contribution in [0.25, 0.3) is 5.69 Å². The summed E-state index contributed by atoms with van der Waals surface area (Å²) in [5.74, 6) is 1.03. The molecule has 22 heavy (non-hydrogen) atoms. The van der Waals surface area contributed by atoms with Crippen LogP contribution < -0.4 is 11.1 Å². The van der Waals surface area contributed by atoms with Crippen molar-refractivity contribution < 1.29 is 0 Å². The molecule has 0 amide bonds. The van der Waals surface area contributed by atoms with Crippen LogP contribution in [-0.2, 0) is 6.54 Å². The zero-order chi connectivity index (χ0) is 16.1. The zero-order valence-corrected chi connectivity index (χ0v) is 13.8. The van der Waals surface area contributed by atoms with Crippen molar-refractivity contribution in [1.82, 2.24) is 15.1 Å². The van der Waals surface area contributed by atoms with Crippen molar-refractivity contribution in [2.24, 2.45) is 16.6 Å². The van der Waals surface area contributed by atoms with Crippen molar-refractivity contribution in [1.29, 1.82) is 0 Å². The molecule has 5 nitrogen and oxygen atoms in total. The molecule has 0 aliphatic rings. The fourth-order valence-electron chi connectivity index (χ4n) is 2.25. The van der Waals surface area contributed by atoms with Gasteiger partial charge in [0, 0.05) is 17.8 Å². The molecule has 1 heterocycles. The first-order valence-electron chi connectivity index (χ1n) is 7.63. The Kier molecular flexibility index (Phi) is 5.20. The third-order valence-electron chi connectivity index (χ3n) is 3.54. The summed E-state index contributed by atoms with van der Waals surface area (Å²) in [7, 11) is 0. The summed E-state index contributed by atoms with van der Waals surface area (Å²) < 4.78 is 1.96.